The summed E-state index contributed by atoms with van der Waals surface area (Å²) in [5.74, 6) is -0.166. The van der Waals surface area contributed by atoms with Crippen LogP contribution in [0.25, 0.3) is 5.57 Å². The van der Waals surface area contributed by atoms with Gasteiger partial charge in [-0.05, 0) is 41.8 Å². The van der Waals surface area contributed by atoms with E-state index in [2.05, 4.69) is 6.08 Å². The predicted molar refractivity (Wildman–Crippen MR) is 112 cm³/mol. The van der Waals surface area contributed by atoms with Crippen molar-refractivity contribution in [1.82, 2.24) is 4.90 Å². The van der Waals surface area contributed by atoms with E-state index in [1.165, 1.54) is 6.07 Å². The molecule has 158 valence electrons. The molecular weight excluding hydrogens is 385 g/mol. The Bertz CT molecular complexity index is 963. The lowest BCUT2D eigenvalue weighted by Crippen LogP contribution is -2.49. The summed E-state index contributed by atoms with van der Waals surface area (Å²) in [5.41, 5.74) is 2.12. The van der Waals surface area contributed by atoms with Crippen LogP contribution in [-0.2, 0) is 4.79 Å². The maximum Gasteiger partial charge on any atom is 0.317 e. The number of para-hydroxylation sites is 1. The Kier molecular flexibility index (Phi) is 5.77. The van der Waals surface area contributed by atoms with Gasteiger partial charge in [0, 0.05) is 31.5 Å². The van der Waals surface area contributed by atoms with Crippen molar-refractivity contribution in [2.45, 2.75) is 31.8 Å². The van der Waals surface area contributed by atoms with E-state index < -0.39 is 11.6 Å². The molecule has 1 fully saturated rings. The molecule has 2 aliphatic heterocycles. The monoisotopic (exact) mass is 411 g/mol. The Morgan fingerprint density at radius 2 is 2.00 bits per heavy atom. The van der Waals surface area contributed by atoms with Gasteiger partial charge in [-0.25, -0.2) is 4.39 Å². The first-order valence-electron chi connectivity index (χ1n) is 10.4. The summed E-state index contributed by atoms with van der Waals surface area (Å²) in [6.45, 7) is 3.77. The highest BCUT2D eigenvalue weighted by Crippen LogP contribution is 2.43. The molecule has 0 aromatic heterocycles. The first-order valence-corrected chi connectivity index (χ1v) is 10.4. The zero-order valence-electron chi connectivity index (χ0n) is 17.1. The molecule has 5 nitrogen and oxygen atoms in total. The fraction of sp³-hybridized carbons (Fsp3) is 0.375. The molecule has 0 radical (unpaired) electrons. The number of hydrogen-bond acceptors (Lipinski definition) is 4. The molecule has 2 aliphatic rings. The summed E-state index contributed by atoms with van der Waals surface area (Å²) in [6.07, 6.45) is 4.27. The van der Waals surface area contributed by atoms with Crippen LogP contribution in [-0.4, -0.2) is 47.8 Å². The summed E-state index contributed by atoms with van der Waals surface area (Å²) in [5, 5.41) is 9.06. The molecule has 2 heterocycles. The topological polar surface area (TPSA) is 59.0 Å². The summed E-state index contributed by atoms with van der Waals surface area (Å²) in [7, 11) is 0. The Labute approximate surface area is 175 Å². The number of carboxylic acids is 1. The maximum atomic E-state index is 14.7. The quantitative estimate of drug-likeness (QED) is 0.766. The van der Waals surface area contributed by atoms with Crippen LogP contribution in [0.4, 0.5) is 4.39 Å². The molecule has 1 saturated heterocycles. The predicted octanol–water partition coefficient (Wildman–Crippen LogP) is 4.36. The van der Waals surface area contributed by atoms with Gasteiger partial charge >= 0.3 is 5.97 Å². The molecule has 0 atom stereocenters. The number of benzene rings is 2. The number of likely N-dealkylation sites (tertiary alicyclic amines) is 1. The van der Waals surface area contributed by atoms with E-state index in [1.807, 2.05) is 42.2 Å². The molecule has 0 bridgehead atoms. The van der Waals surface area contributed by atoms with Crippen molar-refractivity contribution >= 4 is 11.5 Å². The largest absolute Gasteiger partial charge is 0.491 e. The van der Waals surface area contributed by atoms with Crippen LogP contribution in [0.15, 0.2) is 48.5 Å². The normalized spacial score (nSPS) is 17.7. The number of aliphatic carboxylic acids is 1. The fourth-order valence-electron chi connectivity index (χ4n) is 4.13. The molecule has 30 heavy (non-hydrogen) atoms. The number of hydrogen-bond donors (Lipinski definition) is 1. The van der Waals surface area contributed by atoms with Crippen LogP contribution >= 0.6 is 0 Å². The Balaban J connectivity index is 1.66. The third-order valence-corrected chi connectivity index (χ3v) is 5.66. The molecule has 0 unspecified atom stereocenters. The van der Waals surface area contributed by atoms with Crippen LogP contribution in [0.1, 0.15) is 37.3 Å². The molecule has 6 heteroatoms. The van der Waals surface area contributed by atoms with Crippen molar-refractivity contribution in [1.29, 1.82) is 0 Å². The SMILES string of the molecule is CCCOc1ccc(C2=CC3(CCN(CC(=O)O)CC3)Oc3ccccc32)cc1F. The maximum absolute atomic E-state index is 14.7. The summed E-state index contributed by atoms with van der Waals surface area (Å²) >= 11 is 0. The zero-order valence-corrected chi connectivity index (χ0v) is 17.1. The third kappa shape index (κ3) is 4.19. The molecule has 2 aromatic carbocycles. The van der Waals surface area contributed by atoms with E-state index in [9.17, 15) is 9.18 Å². The van der Waals surface area contributed by atoms with Crippen molar-refractivity contribution in [3.8, 4) is 11.5 Å². The van der Waals surface area contributed by atoms with Crippen LogP contribution in [0, 0.1) is 5.82 Å². The Morgan fingerprint density at radius 1 is 1.23 bits per heavy atom. The Hall–Kier alpha value is -2.86. The lowest BCUT2D eigenvalue weighted by Gasteiger charge is -2.42. The number of fused-ring (bicyclic) bond motifs is 1. The minimum Gasteiger partial charge on any atom is -0.491 e. The number of piperidine rings is 1. The van der Waals surface area contributed by atoms with Gasteiger partial charge in [-0.15, -0.1) is 0 Å². The number of carboxylic acid groups (broad SMARTS) is 1. The van der Waals surface area contributed by atoms with Crippen LogP contribution in [0.5, 0.6) is 11.5 Å². The lowest BCUT2D eigenvalue weighted by molar-refractivity contribution is -0.139. The average molecular weight is 411 g/mol. The zero-order chi connectivity index (χ0) is 21.1. The van der Waals surface area contributed by atoms with Gasteiger partial charge in [0.15, 0.2) is 11.6 Å². The molecule has 1 N–H and O–H groups in total. The van der Waals surface area contributed by atoms with Gasteiger partial charge in [0.1, 0.15) is 11.4 Å². The van der Waals surface area contributed by atoms with Gasteiger partial charge < -0.3 is 14.6 Å². The molecule has 0 aliphatic carbocycles. The van der Waals surface area contributed by atoms with Gasteiger partial charge in [0.05, 0.1) is 13.2 Å². The van der Waals surface area contributed by atoms with Gasteiger partial charge in [-0.1, -0.05) is 31.2 Å². The molecule has 1 spiro atoms. The molecule has 2 aromatic rings. The number of halogens is 1. The highest BCUT2D eigenvalue weighted by Gasteiger charge is 2.39. The molecule has 4 rings (SSSR count). The van der Waals surface area contributed by atoms with Gasteiger partial charge in [0.2, 0.25) is 0 Å². The smallest absolute Gasteiger partial charge is 0.317 e. The lowest BCUT2D eigenvalue weighted by atomic mass is 9.83. The highest BCUT2D eigenvalue weighted by molar-refractivity contribution is 5.85. The van der Waals surface area contributed by atoms with Crippen molar-refractivity contribution in [3.63, 3.8) is 0 Å². The first kappa shape index (κ1) is 20.4. The highest BCUT2D eigenvalue weighted by atomic mass is 19.1. The fourth-order valence-corrected chi connectivity index (χ4v) is 4.13. The van der Waals surface area contributed by atoms with Gasteiger partial charge in [-0.3, -0.25) is 9.69 Å². The number of ether oxygens (including phenoxy) is 2. The van der Waals surface area contributed by atoms with Crippen LogP contribution < -0.4 is 9.47 Å². The molecule has 0 saturated carbocycles. The standard InChI is InChI=1S/C24H26FNO4/c1-2-13-29-22-8-7-17(14-20(22)25)19-15-24(30-21-6-4-3-5-18(19)21)9-11-26(12-10-24)16-23(27)28/h3-8,14-15H,2,9-13,16H2,1H3,(H,27,28). The van der Waals surface area contributed by atoms with E-state index in [4.69, 9.17) is 14.6 Å². The van der Waals surface area contributed by atoms with Crippen molar-refractivity contribution in [2.75, 3.05) is 26.2 Å². The van der Waals surface area contributed by atoms with Crippen LogP contribution in [0.2, 0.25) is 0 Å². The first-order chi connectivity index (χ1) is 14.5. The van der Waals surface area contributed by atoms with Crippen molar-refractivity contribution < 1.29 is 23.8 Å². The van der Waals surface area contributed by atoms with Crippen molar-refractivity contribution in [3.05, 3.63) is 65.5 Å². The number of rotatable bonds is 6. The number of nitrogens with zero attached hydrogens (tertiary/aromatic N) is 1. The van der Waals surface area contributed by atoms with Gasteiger partial charge in [-0.2, -0.15) is 0 Å². The average Bonchev–Trinajstić information content (AvgIpc) is 2.74. The van der Waals surface area contributed by atoms with E-state index in [0.717, 1.165) is 28.9 Å². The van der Waals surface area contributed by atoms with E-state index in [1.54, 1.807) is 6.07 Å². The second-order valence-corrected chi connectivity index (χ2v) is 7.88. The van der Waals surface area contributed by atoms with E-state index in [0.29, 0.717) is 32.5 Å². The van der Waals surface area contributed by atoms with Crippen molar-refractivity contribution in [2.24, 2.45) is 0 Å². The summed E-state index contributed by atoms with van der Waals surface area (Å²) < 4.78 is 26.5. The van der Waals surface area contributed by atoms with E-state index in [-0.39, 0.29) is 18.1 Å². The number of carbonyl (C=O) groups is 1. The summed E-state index contributed by atoms with van der Waals surface area (Å²) in [4.78, 5) is 13.0. The van der Waals surface area contributed by atoms with E-state index >= 15 is 0 Å². The minimum atomic E-state index is -0.821. The second kappa shape index (κ2) is 8.48. The minimum absolute atomic E-state index is 0.0354. The third-order valence-electron chi connectivity index (χ3n) is 5.66. The van der Waals surface area contributed by atoms with Gasteiger partial charge in [0.25, 0.3) is 0 Å². The second-order valence-electron chi connectivity index (χ2n) is 7.88. The summed E-state index contributed by atoms with van der Waals surface area (Å²) in [6, 6.07) is 12.9. The van der Waals surface area contributed by atoms with Crippen LogP contribution in [0.3, 0.4) is 0 Å². The Morgan fingerprint density at radius 3 is 2.70 bits per heavy atom. The molecule has 0 amide bonds. The molecular formula is C24H26FNO4.